The molecule has 0 saturated heterocycles. The SMILES string of the molecule is CCNc1ncc(Cl)c(N(CC)Cc2cccc(C)n2)n1. The van der Waals surface area contributed by atoms with Gasteiger partial charge in [0.1, 0.15) is 5.02 Å². The van der Waals surface area contributed by atoms with E-state index in [1.54, 1.807) is 6.20 Å². The number of aryl methyl sites for hydroxylation is 1. The summed E-state index contributed by atoms with van der Waals surface area (Å²) < 4.78 is 0. The van der Waals surface area contributed by atoms with Crippen LogP contribution in [-0.4, -0.2) is 28.0 Å². The second-order valence-electron chi connectivity index (χ2n) is 4.68. The number of hydrogen-bond acceptors (Lipinski definition) is 5. The van der Waals surface area contributed by atoms with Gasteiger partial charge >= 0.3 is 0 Å². The topological polar surface area (TPSA) is 53.9 Å². The highest BCUT2D eigenvalue weighted by Gasteiger charge is 2.13. The van der Waals surface area contributed by atoms with Crippen LogP contribution >= 0.6 is 11.6 Å². The Bertz CT molecular complexity index is 602. The van der Waals surface area contributed by atoms with E-state index in [1.807, 2.05) is 32.0 Å². The van der Waals surface area contributed by atoms with E-state index in [0.717, 1.165) is 30.3 Å². The molecule has 2 aromatic rings. The lowest BCUT2D eigenvalue weighted by molar-refractivity contribution is 0.788. The number of aromatic nitrogens is 3. The number of nitrogens with one attached hydrogen (secondary N) is 1. The van der Waals surface area contributed by atoms with Crippen LogP contribution in [0.15, 0.2) is 24.4 Å². The van der Waals surface area contributed by atoms with Crippen molar-refractivity contribution in [1.29, 1.82) is 0 Å². The molecule has 0 aliphatic heterocycles. The van der Waals surface area contributed by atoms with Crippen LogP contribution in [-0.2, 0) is 6.54 Å². The van der Waals surface area contributed by atoms with Crippen molar-refractivity contribution >= 4 is 23.4 Å². The summed E-state index contributed by atoms with van der Waals surface area (Å²) in [5.74, 6) is 1.32. The van der Waals surface area contributed by atoms with Crippen LogP contribution < -0.4 is 10.2 Å². The van der Waals surface area contributed by atoms with Gasteiger partial charge < -0.3 is 10.2 Å². The Balaban J connectivity index is 2.26. The standard InChI is InChI=1S/C15H20ClN5/c1-4-17-15-18-9-13(16)14(20-15)21(5-2)10-12-8-6-7-11(3)19-12/h6-9H,4-5,10H2,1-3H3,(H,17,18,20). The summed E-state index contributed by atoms with van der Waals surface area (Å²) in [5, 5.41) is 3.65. The molecule has 0 unspecified atom stereocenters. The van der Waals surface area contributed by atoms with Crippen LogP contribution in [0.3, 0.4) is 0 Å². The fraction of sp³-hybridized carbons (Fsp3) is 0.400. The molecular formula is C15H20ClN5. The Morgan fingerprint density at radius 2 is 2.05 bits per heavy atom. The third kappa shape index (κ3) is 4.04. The molecule has 5 nitrogen and oxygen atoms in total. The van der Waals surface area contributed by atoms with Crippen LogP contribution in [0.25, 0.3) is 0 Å². The van der Waals surface area contributed by atoms with Gasteiger partial charge in [0.2, 0.25) is 5.95 Å². The predicted molar refractivity (Wildman–Crippen MR) is 86.9 cm³/mol. The summed E-state index contributed by atoms with van der Waals surface area (Å²) in [7, 11) is 0. The fourth-order valence-corrected chi connectivity index (χ4v) is 2.25. The molecule has 0 fully saturated rings. The molecule has 2 aromatic heterocycles. The van der Waals surface area contributed by atoms with E-state index in [0.29, 0.717) is 17.5 Å². The van der Waals surface area contributed by atoms with Gasteiger partial charge in [0, 0.05) is 18.8 Å². The first-order chi connectivity index (χ1) is 10.1. The van der Waals surface area contributed by atoms with E-state index in [9.17, 15) is 0 Å². The average Bonchev–Trinajstić information content (AvgIpc) is 2.47. The van der Waals surface area contributed by atoms with Gasteiger partial charge in [-0.3, -0.25) is 4.98 Å². The predicted octanol–water partition coefficient (Wildman–Crippen LogP) is 3.29. The van der Waals surface area contributed by atoms with E-state index < -0.39 is 0 Å². The van der Waals surface area contributed by atoms with Crippen molar-refractivity contribution in [1.82, 2.24) is 15.0 Å². The molecule has 2 heterocycles. The summed E-state index contributed by atoms with van der Waals surface area (Å²) in [6, 6.07) is 6.01. The maximum absolute atomic E-state index is 6.25. The van der Waals surface area contributed by atoms with Crippen molar-refractivity contribution in [3.05, 3.63) is 40.8 Å². The van der Waals surface area contributed by atoms with Crippen molar-refractivity contribution in [3.8, 4) is 0 Å². The zero-order valence-electron chi connectivity index (χ0n) is 12.6. The van der Waals surface area contributed by atoms with E-state index in [1.165, 1.54) is 0 Å². The van der Waals surface area contributed by atoms with Crippen molar-refractivity contribution in [3.63, 3.8) is 0 Å². The molecular weight excluding hydrogens is 286 g/mol. The first-order valence-corrected chi connectivity index (χ1v) is 7.45. The van der Waals surface area contributed by atoms with Crippen LogP contribution in [0.2, 0.25) is 5.02 Å². The van der Waals surface area contributed by atoms with Crippen molar-refractivity contribution in [2.24, 2.45) is 0 Å². The van der Waals surface area contributed by atoms with Gasteiger partial charge in [-0.15, -0.1) is 0 Å². The molecule has 0 aliphatic rings. The first kappa shape index (κ1) is 15.5. The lowest BCUT2D eigenvalue weighted by Crippen LogP contribution is -2.24. The highest BCUT2D eigenvalue weighted by atomic mass is 35.5. The monoisotopic (exact) mass is 305 g/mol. The van der Waals surface area contributed by atoms with Gasteiger partial charge in [0.25, 0.3) is 0 Å². The summed E-state index contributed by atoms with van der Waals surface area (Å²) in [6.07, 6.45) is 1.63. The Morgan fingerprint density at radius 3 is 2.71 bits per heavy atom. The molecule has 0 saturated carbocycles. The number of halogens is 1. The molecule has 0 amide bonds. The van der Waals surface area contributed by atoms with Crippen molar-refractivity contribution in [2.75, 3.05) is 23.3 Å². The molecule has 0 spiro atoms. The average molecular weight is 306 g/mol. The highest BCUT2D eigenvalue weighted by Crippen LogP contribution is 2.24. The van der Waals surface area contributed by atoms with Crippen LogP contribution in [0.5, 0.6) is 0 Å². The quantitative estimate of drug-likeness (QED) is 0.887. The normalized spacial score (nSPS) is 10.5. The maximum atomic E-state index is 6.25. The Labute approximate surface area is 130 Å². The zero-order chi connectivity index (χ0) is 15.2. The van der Waals surface area contributed by atoms with E-state index in [4.69, 9.17) is 11.6 Å². The molecule has 6 heteroatoms. The summed E-state index contributed by atoms with van der Waals surface area (Å²) in [6.45, 7) is 8.29. The van der Waals surface area contributed by atoms with Gasteiger partial charge in [-0.1, -0.05) is 17.7 Å². The minimum Gasteiger partial charge on any atom is -0.354 e. The highest BCUT2D eigenvalue weighted by molar-refractivity contribution is 6.32. The maximum Gasteiger partial charge on any atom is 0.224 e. The molecule has 1 N–H and O–H groups in total. The van der Waals surface area contributed by atoms with Crippen molar-refractivity contribution in [2.45, 2.75) is 27.3 Å². The molecule has 0 aromatic carbocycles. The second-order valence-corrected chi connectivity index (χ2v) is 5.09. The van der Waals surface area contributed by atoms with Crippen LogP contribution in [0, 0.1) is 6.92 Å². The van der Waals surface area contributed by atoms with Crippen LogP contribution in [0.1, 0.15) is 25.2 Å². The Kier molecular flexibility index (Phi) is 5.33. The molecule has 21 heavy (non-hydrogen) atoms. The third-order valence-corrected chi connectivity index (χ3v) is 3.31. The summed E-state index contributed by atoms with van der Waals surface area (Å²) in [4.78, 5) is 15.3. The van der Waals surface area contributed by atoms with Crippen molar-refractivity contribution < 1.29 is 0 Å². The number of anilines is 2. The molecule has 112 valence electrons. The lowest BCUT2D eigenvalue weighted by Gasteiger charge is -2.23. The third-order valence-electron chi connectivity index (χ3n) is 3.04. The molecule has 0 bridgehead atoms. The number of hydrogen-bond donors (Lipinski definition) is 1. The Hall–Kier alpha value is -1.88. The Morgan fingerprint density at radius 1 is 1.24 bits per heavy atom. The molecule has 2 rings (SSSR count). The number of rotatable bonds is 6. The van der Waals surface area contributed by atoms with Gasteiger partial charge in [0.05, 0.1) is 18.4 Å². The minimum absolute atomic E-state index is 0.547. The molecule has 0 radical (unpaired) electrons. The van der Waals surface area contributed by atoms with Gasteiger partial charge in [-0.05, 0) is 32.9 Å². The van der Waals surface area contributed by atoms with Gasteiger partial charge in [-0.2, -0.15) is 4.98 Å². The number of pyridine rings is 1. The summed E-state index contributed by atoms with van der Waals surface area (Å²) >= 11 is 6.25. The first-order valence-electron chi connectivity index (χ1n) is 7.08. The van der Waals surface area contributed by atoms with E-state index in [-0.39, 0.29) is 0 Å². The van der Waals surface area contributed by atoms with Gasteiger partial charge in [0.15, 0.2) is 5.82 Å². The minimum atomic E-state index is 0.547. The van der Waals surface area contributed by atoms with Crippen LogP contribution in [0.4, 0.5) is 11.8 Å². The van der Waals surface area contributed by atoms with E-state index in [2.05, 4.69) is 32.1 Å². The lowest BCUT2D eigenvalue weighted by atomic mass is 10.3. The number of nitrogens with zero attached hydrogens (tertiary/aromatic N) is 4. The fourth-order valence-electron chi connectivity index (χ4n) is 2.04. The summed E-state index contributed by atoms with van der Waals surface area (Å²) in [5.41, 5.74) is 2.00. The van der Waals surface area contributed by atoms with E-state index >= 15 is 0 Å². The zero-order valence-corrected chi connectivity index (χ0v) is 13.4. The van der Waals surface area contributed by atoms with Gasteiger partial charge in [-0.25, -0.2) is 4.98 Å². The largest absolute Gasteiger partial charge is 0.354 e. The molecule has 0 aliphatic carbocycles. The molecule has 0 atom stereocenters. The second kappa shape index (κ2) is 7.22. The smallest absolute Gasteiger partial charge is 0.224 e.